The average Bonchev–Trinajstić information content (AvgIpc) is 3.22. The van der Waals surface area contributed by atoms with Crippen molar-refractivity contribution in [3.63, 3.8) is 0 Å². The molecule has 26 heavy (non-hydrogen) atoms. The second-order valence-corrected chi connectivity index (χ2v) is 7.84. The van der Waals surface area contributed by atoms with Crippen LogP contribution in [0.1, 0.15) is 44.2 Å². The Balaban J connectivity index is 1.68. The van der Waals surface area contributed by atoms with Gasteiger partial charge in [-0.2, -0.15) is 0 Å². The van der Waals surface area contributed by atoms with Crippen molar-refractivity contribution in [2.75, 3.05) is 12.4 Å². The van der Waals surface area contributed by atoms with Crippen molar-refractivity contribution in [2.45, 2.75) is 25.7 Å². The van der Waals surface area contributed by atoms with Crippen LogP contribution in [0.4, 0.5) is 5.00 Å². The monoisotopic (exact) mass is 457 g/mol. The van der Waals surface area contributed by atoms with Gasteiger partial charge in [0.1, 0.15) is 5.00 Å². The first-order valence-electron chi connectivity index (χ1n) is 7.85. The van der Waals surface area contributed by atoms with E-state index in [1.54, 1.807) is 6.07 Å². The minimum absolute atomic E-state index is 0.133. The van der Waals surface area contributed by atoms with Crippen molar-refractivity contribution < 1.29 is 18.7 Å². The number of amides is 1. The second kappa shape index (κ2) is 8.19. The van der Waals surface area contributed by atoms with Gasteiger partial charge in [0.05, 0.1) is 12.7 Å². The number of carbonyl (C=O) groups is 2. The van der Waals surface area contributed by atoms with E-state index in [9.17, 15) is 9.59 Å². The molecule has 0 bridgehead atoms. The van der Waals surface area contributed by atoms with Crippen LogP contribution in [0.5, 0.6) is 0 Å². The number of hydrogen-bond donors (Lipinski definition) is 3. The fourth-order valence-electron chi connectivity index (χ4n) is 2.72. The largest absolute Gasteiger partial charge is 0.465 e. The maximum Gasteiger partial charge on any atom is 0.341 e. The Hall–Kier alpha value is -1.91. The van der Waals surface area contributed by atoms with E-state index < -0.39 is 5.91 Å². The number of methoxy groups -OCH3 is 1. The molecule has 2 aromatic rings. The molecule has 2 heterocycles. The summed E-state index contributed by atoms with van der Waals surface area (Å²) in [4.78, 5) is 25.3. The van der Waals surface area contributed by atoms with Crippen LogP contribution in [-0.4, -0.2) is 24.1 Å². The van der Waals surface area contributed by atoms with Gasteiger partial charge >= 0.3 is 11.9 Å². The Morgan fingerprint density at radius 1 is 1.27 bits per heavy atom. The summed E-state index contributed by atoms with van der Waals surface area (Å²) >= 11 is 9.83. The van der Waals surface area contributed by atoms with Crippen molar-refractivity contribution in [3.05, 3.63) is 38.6 Å². The Kier molecular flexibility index (Phi) is 5.94. The maximum absolute atomic E-state index is 12.2. The molecule has 0 unspecified atom stereocenters. The number of anilines is 1. The fraction of sp³-hybridized carbons (Fsp3) is 0.312. The number of thiocarbonyl (C=S) groups is 1. The number of hydrazine groups is 1. The molecule has 0 fully saturated rings. The number of rotatable bonds is 3. The van der Waals surface area contributed by atoms with E-state index in [1.165, 1.54) is 29.4 Å². The Labute approximate surface area is 167 Å². The van der Waals surface area contributed by atoms with Gasteiger partial charge in [0.2, 0.25) is 0 Å². The number of aryl methyl sites for hydroxylation is 1. The Morgan fingerprint density at radius 2 is 2.04 bits per heavy atom. The molecule has 0 saturated heterocycles. The summed E-state index contributed by atoms with van der Waals surface area (Å²) in [6, 6.07) is 3.14. The number of fused-ring (bicyclic) bond motifs is 1. The van der Waals surface area contributed by atoms with Gasteiger partial charge in [-0.15, -0.1) is 11.3 Å². The predicted molar refractivity (Wildman–Crippen MR) is 106 cm³/mol. The van der Waals surface area contributed by atoms with E-state index in [4.69, 9.17) is 21.4 Å². The average molecular weight is 458 g/mol. The van der Waals surface area contributed by atoms with Gasteiger partial charge in [-0.25, -0.2) is 4.79 Å². The molecule has 7 nitrogen and oxygen atoms in total. The number of hydrogen-bond acceptors (Lipinski definition) is 6. The number of esters is 1. The molecular formula is C16H16BrN3O4S2. The predicted octanol–water partition coefficient (Wildman–Crippen LogP) is 3.40. The second-order valence-electron chi connectivity index (χ2n) is 5.54. The van der Waals surface area contributed by atoms with Gasteiger partial charge in [0, 0.05) is 4.88 Å². The molecule has 1 amide bonds. The van der Waals surface area contributed by atoms with Crippen LogP contribution in [0, 0.1) is 0 Å². The van der Waals surface area contributed by atoms with E-state index in [0.29, 0.717) is 15.2 Å². The minimum atomic E-state index is -0.474. The molecule has 0 aliphatic heterocycles. The first-order valence-corrected chi connectivity index (χ1v) is 9.87. The molecule has 2 aromatic heterocycles. The highest BCUT2D eigenvalue weighted by Crippen LogP contribution is 2.38. The summed E-state index contributed by atoms with van der Waals surface area (Å²) in [5, 5.41) is 3.76. The van der Waals surface area contributed by atoms with Crippen molar-refractivity contribution in [3.8, 4) is 0 Å². The Bertz CT molecular complexity index is 862. The normalized spacial score (nSPS) is 12.8. The van der Waals surface area contributed by atoms with Crippen LogP contribution in [0.2, 0.25) is 0 Å². The highest BCUT2D eigenvalue weighted by molar-refractivity contribution is 9.10. The quantitative estimate of drug-likeness (QED) is 0.369. The molecular weight excluding hydrogens is 442 g/mol. The lowest BCUT2D eigenvalue weighted by atomic mass is 9.95. The standard InChI is InChI=1S/C16H16BrN3O4S2/c1-23-15(22)12-8-4-2-3-5-10(8)26-14(12)18-16(25)20-19-13(21)9-6-7-11(17)24-9/h6-7H,2-5H2,1H3,(H,19,21)(H2,18,20,25). The number of nitrogens with one attached hydrogen (secondary N) is 3. The number of thiophene rings is 1. The number of ether oxygens (including phenoxy) is 1. The maximum atomic E-state index is 12.2. The van der Waals surface area contributed by atoms with Gasteiger partial charge in [0.25, 0.3) is 0 Å². The zero-order chi connectivity index (χ0) is 18.7. The van der Waals surface area contributed by atoms with Crippen LogP contribution in [0.3, 0.4) is 0 Å². The van der Waals surface area contributed by atoms with E-state index >= 15 is 0 Å². The van der Waals surface area contributed by atoms with Gasteiger partial charge in [0.15, 0.2) is 15.5 Å². The molecule has 0 spiro atoms. The Morgan fingerprint density at radius 3 is 2.73 bits per heavy atom. The first kappa shape index (κ1) is 18.9. The van der Waals surface area contributed by atoms with Crippen molar-refractivity contribution in [1.29, 1.82) is 0 Å². The van der Waals surface area contributed by atoms with Gasteiger partial charge in [-0.05, 0) is 71.5 Å². The topological polar surface area (TPSA) is 92.6 Å². The van der Waals surface area contributed by atoms with Crippen LogP contribution in [0.15, 0.2) is 21.2 Å². The molecule has 138 valence electrons. The number of furan rings is 1. The third kappa shape index (κ3) is 4.08. The van der Waals surface area contributed by atoms with Gasteiger partial charge in [-0.1, -0.05) is 0 Å². The summed E-state index contributed by atoms with van der Waals surface area (Å²) < 4.78 is 10.5. The number of carbonyl (C=O) groups excluding carboxylic acids is 2. The summed E-state index contributed by atoms with van der Waals surface area (Å²) in [6.45, 7) is 0. The summed E-state index contributed by atoms with van der Waals surface area (Å²) in [5.74, 6) is -0.730. The SMILES string of the molecule is COC(=O)c1c(NC(=S)NNC(=O)c2ccc(Br)o2)sc2c1CCCC2. The third-order valence-electron chi connectivity index (χ3n) is 3.87. The van der Waals surface area contributed by atoms with Crippen LogP contribution < -0.4 is 16.2 Å². The fourth-order valence-corrected chi connectivity index (χ4v) is 4.52. The molecule has 10 heteroatoms. The molecule has 1 aliphatic carbocycles. The smallest absolute Gasteiger partial charge is 0.341 e. The van der Waals surface area contributed by atoms with Crippen molar-refractivity contribution >= 4 is 61.5 Å². The zero-order valence-electron chi connectivity index (χ0n) is 13.8. The van der Waals surface area contributed by atoms with Crippen LogP contribution >= 0.6 is 39.5 Å². The summed E-state index contributed by atoms with van der Waals surface area (Å²) in [6.07, 6.45) is 3.94. The van der Waals surface area contributed by atoms with Crippen molar-refractivity contribution in [1.82, 2.24) is 10.9 Å². The first-order chi connectivity index (χ1) is 12.5. The summed E-state index contributed by atoms with van der Waals surface area (Å²) in [5.41, 5.74) is 6.60. The summed E-state index contributed by atoms with van der Waals surface area (Å²) in [7, 11) is 1.36. The highest BCUT2D eigenvalue weighted by atomic mass is 79.9. The van der Waals surface area contributed by atoms with Gasteiger partial charge in [-0.3, -0.25) is 15.6 Å². The van der Waals surface area contributed by atoms with E-state index in [2.05, 4.69) is 32.1 Å². The molecule has 1 aliphatic rings. The van der Waals surface area contributed by atoms with Crippen molar-refractivity contribution in [2.24, 2.45) is 0 Å². The molecule has 3 rings (SSSR count). The molecule has 0 atom stereocenters. The third-order valence-corrected chi connectivity index (χ3v) is 5.71. The highest BCUT2D eigenvalue weighted by Gasteiger charge is 2.26. The van der Waals surface area contributed by atoms with Crippen LogP contribution in [0.25, 0.3) is 0 Å². The van der Waals surface area contributed by atoms with E-state index in [0.717, 1.165) is 31.2 Å². The lowest BCUT2D eigenvalue weighted by Crippen LogP contribution is -2.43. The zero-order valence-corrected chi connectivity index (χ0v) is 17.0. The van der Waals surface area contributed by atoms with E-state index in [1.807, 2.05) is 0 Å². The minimum Gasteiger partial charge on any atom is -0.465 e. The lowest BCUT2D eigenvalue weighted by Gasteiger charge is -2.12. The van der Waals surface area contributed by atoms with E-state index in [-0.39, 0.29) is 16.8 Å². The lowest BCUT2D eigenvalue weighted by molar-refractivity contribution is 0.0600. The molecule has 0 saturated carbocycles. The molecule has 3 N–H and O–H groups in total. The molecule has 0 aromatic carbocycles. The number of halogens is 1. The van der Waals surface area contributed by atoms with Crippen LogP contribution in [-0.2, 0) is 17.6 Å². The van der Waals surface area contributed by atoms with Gasteiger partial charge < -0.3 is 14.5 Å². The molecule has 0 radical (unpaired) electrons.